The monoisotopic (exact) mass is 398 g/mol. The van der Waals surface area contributed by atoms with Crippen molar-refractivity contribution in [2.75, 3.05) is 6.79 Å². The zero-order chi connectivity index (χ0) is 19.9. The minimum Gasteiger partial charge on any atom is -0.481 e. The second-order valence-corrected chi connectivity index (χ2v) is 6.29. The summed E-state index contributed by atoms with van der Waals surface area (Å²) in [7, 11) is 0. The van der Waals surface area contributed by atoms with E-state index in [1.165, 1.54) is 0 Å². The molecule has 0 saturated carbocycles. The number of benzene rings is 2. The standard InChI is InChI=1S/C19H18N4O4S/c1-12(27-15-5-2-13(9-20)3-6-15)18(24)22-23-19(28)21-10-14-4-7-16-17(8-14)26-11-25-16/h2-8,12H,10-11H2,1H3,(H,22,24)(H2,21,23,28)/t12-/m1/s1. The Bertz CT molecular complexity index is 911. The first kappa shape index (κ1) is 19.3. The van der Waals surface area contributed by atoms with E-state index in [1.807, 2.05) is 24.3 Å². The van der Waals surface area contributed by atoms with Crippen molar-refractivity contribution < 1.29 is 19.0 Å². The van der Waals surface area contributed by atoms with Crippen LogP contribution < -0.4 is 30.4 Å². The average Bonchev–Trinajstić information content (AvgIpc) is 3.18. The van der Waals surface area contributed by atoms with Gasteiger partial charge in [0.1, 0.15) is 5.75 Å². The Morgan fingerprint density at radius 2 is 1.96 bits per heavy atom. The van der Waals surface area contributed by atoms with E-state index in [-0.39, 0.29) is 11.9 Å². The van der Waals surface area contributed by atoms with Crippen LogP contribution in [-0.2, 0) is 11.3 Å². The molecule has 0 radical (unpaired) electrons. The molecule has 0 saturated heterocycles. The van der Waals surface area contributed by atoms with Gasteiger partial charge in [-0.3, -0.25) is 15.6 Å². The van der Waals surface area contributed by atoms with E-state index < -0.39 is 12.0 Å². The number of hydrogen-bond donors (Lipinski definition) is 3. The maximum Gasteiger partial charge on any atom is 0.279 e. The third-order valence-corrected chi connectivity index (χ3v) is 4.10. The summed E-state index contributed by atoms with van der Waals surface area (Å²) < 4.78 is 16.1. The van der Waals surface area contributed by atoms with Gasteiger partial charge in [-0.2, -0.15) is 5.26 Å². The molecule has 0 aliphatic carbocycles. The summed E-state index contributed by atoms with van der Waals surface area (Å²) >= 11 is 5.15. The summed E-state index contributed by atoms with van der Waals surface area (Å²) in [6, 6.07) is 14.1. The van der Waals surface area contributed by atoms with Crippen molar-refractivity contribution in [1.29, 1.82) is 5.26 Å². The van der Waals surface area contributed by atoms with E-state index in [0.29, 0.717) is 29.4 Å². The van der Waals surface area contributed by atoms with Gasteiger partial charge >= 0.3 is 0 Å². The smallest absolute Gasteiger partial charge is 0.279 e. The largest absolute Gasteiger partial charge is 0.481 e. The fraction of sp³-hybridized carbons (Fsp3) is 0.211. The highest BCUT2D eigenvalue weighted by Crippen LogP contribution is 2.32. The maximum atomic E-state index is 12.1. The van der Waals surface area contributed by atoms with Crippen molar-refractivity contribution in [2.24, 2.45) is 0 Å². The van der Waals surface area contributed by atoms with Crippen LogP contribution in [0.25, 0.3) is 0 Å². The Morgan fingerprint density at radius 1 is 1.21 bits per heavy atom. The highest BCUT2D eigenvalue weighted by Gasteiger charge is 2.15. The van der Waals surface area contributed by atoms with E-state index >= 15 is 0 Å². The lowest BCUT2D eigenvalue weighted by Gasteiger charge is -2.16. The fourth-order valence-corrected chi connectivity index (χ4v) is 2.49. The number of nitrogens with zero attached hydrogens (tertiary/aromatic N) is 1. The van der Waals surface area contributed by atoms with Crippen LogP contribution in [-0.4, -0.2) is 23.9 Å². The molecule has 1 aliphatic heterocycles. The third-order valence-electron chi connectivity index (χ3n) is 3.85. The predicted molar refractivity (Wildman–Crippen MR) is 105 cm³/mol. The highest BCUT2D eigenvalue weighted by molar-refractivity contribution is 7.80. The minimum absolute atomic E-state index is 0.223. The van der Waals surface area contributed by atoms with Crippen LogP contribution in [0.2, 0.25) is 0 Å². The van der Waals surface area contributed by atoms with Gasteiger partial charge < -0.3 is 19.5 Å². The number of thiocarbonyl (C=S) groups is 1. The van der Waals surface area contributed by atoms with Gasteiger partial charge in [-0.05, 0) is 61.1 Å². The Balaban J connectivity index is 1.40. The molecular weight excluding hydrogens is 380 g/mol. The van der Waals surface area contributed by atoms with Gasteiger partial charge in [0, 0.05) is 6.54 Å². The van der Waals surface area contributed by atoms with E-state index in [2.05, 4.69) is 16.2 Å². The molecule has 0 fully saturated rings. The van der Waals surface area contributed by atoms with Crippen LogP contribution in [0.4, 0.5) is 0 Å². The van der Waals surface area contributed by atoms with Crippen LogP contribution >= 0.6 is 12.2 Å². The average molecular weight is 398 g/mol. The molecule has 9 heteroatoms. The van der Waals surface area contributed by atoms with E-state index in [9.17, 15) is 4.79 Å². The lowest BCUT2D eigenvalue weighted by molar-refractivity contribution is -0.127. The summed E-state index contributed by atoms with van der Waals surface area (Å²) in [5.41, 5.74) is 6.59. The number of nitriles is 1. The number of ether oxygens (including phenoxy) is 3. The SMILES string of the molecule is C[C@@H](Oc1ccc(C#N)cc1)C(=O)NNC(=S)NCc1ccc2c(c1)OCO2. The van der Waals surface area contributed by atoms with Gasteiger partial charge in [0.15, 0.2) is 22.7 Å². The Labute approximate surface area is 167 Å². The molecule has 0 unspecified atom stereocenters. The number of amides is 1. The first-order valence-corrected chi connectivity index (χ1v) is 8.85. The summed E-state index contributed by atoms with van der Waals surface area (Å²) in [5, 5.41) is 12.0. The fourth-order valence-electron chi connectivity index (χ4n) is 2.36. The number of fused-ring (bicyclic) bond motifs is 1. The number of carbonyl (C=O) groups is 1. The summed E-state index contributed by atoms with van der Waals surface area (Å²) in [6.07, 6.45) is -0.753. The van der Waals surface area contributed by atoms with Crippen LogP contribution in [0.3, 0.4) is 0 Å². The molecule has 0 bridgehead atoms. The van der Waals surface area contributed by atoms with Crippen LogP contribution in [0.5, 0.6) is 17.2 Å². The number of hydrogen-bond acceptors (Lipinski definition) is 6. The molecule has 1 heterocycles. The molecule has 3 N–H and O–H groups in total. The van der Waals surface area contributed by atoms with Crippen molar-refractivity contribution in [3.8, 4) is 23.3 Å². The molecule has 8 nitrogen and oxygen atoms in total. The number of carbonyl (C=O) groups excluding carboxylic acids is 1. The van der Waals surface area contributed by atoms with Crippen LogP contribution in [0.15, 0.2) is 42.5 Å². The van der Waals surface area contributed by atoms with E-state index in [1.54, 1.807) is 31.2 Å². The molecule has 2 aromatic carbocycles. The Kier molecular flexibility index (Phi) is 6.14. The van der Waals surface area contributed by atoms with Gasteiger partial charge in [0.05, 0.1) is 11.6 Å². The molecule has 0 aromatic heterocycles. The van der Waals surface area contributed by atoms with Gasteiger partial charge in [-0.25, -0.2) is 0 Å². The molecule has 2 aromatic rings. The van der Waals surface area contributed by atoms with Crippen molar-refractivity contribution in [3.63, 3.8) is 0 Å². The normalized spacial score (nSPS) is 12.4. The Morgan fingerprint density at radius 3 is 2.71 bits per heavy atom. The van der Waals surface area contributed by atoms with Crippen LogP contribution in [0.1, 0.15) is 18.1 Å². The highest BCUT2D eigenvalue weighted by atomic mass is 32.1. The number of nitrogens with one attached hydrogen (secondary N) is 3. The van der Waals surface area contributed by atoms with E-state index in [0.717, 1.165) is 5.56 Å². The molecule has 1 amide bonds. The second-order valence-electron chi connectivity index (χ2n) is 5.88. The number of rotatable bonds is 5. The molecule has 1 atom stereocenters. The van der Waals surface area contributed by atoms with Crippen molar-refractivity contribution in [1.82, 2.24) is 16.2 Å². The Hall–Kier alpha value is -3.51. The quantitative estimate of drug-likeness (QED) is 0.517. The first-order valence-electron chi connectivity index (χ1n) is 8.44. The molecule has 3 rings (SSSR count). The van der Waals surface area contributed by atoms with Crippen molar-refractivity contribution in [2.45, 2.75) is 19.6 Å². The van der Waals surface area contributed by atoms with Gasteiger partial charge in [0.2, 0.25) is 6.79 Å². The maximum absolute atomic E-state index is 12.1. The molecule has 1 aliphatic rings. The van der Waals surface area contributed by atoms with Crippen molar-refractivity contribution >= 4 is 23.2 Å². The van der Waals surface area contributed by atoms with Gasteiger partial charge in [0.25, 0.3) is 5.91 Å². The van der Waals surface area contributed by atoms with Gasteiger partial charge in [-0.15, -0.1) is 0 Å². The summed E-state index contributed by atoms with van der Waals surface area (Å²) in [4.78, 5) is 12.1. The number of hydrazine groups is 1. The summed E-state index contributed by atoms with van der Waals surface area (Å²) in [5.74, 6) is 1.51. The second kappa shape index (κ2) is 8.92. The van der Waals surface area contributed by atoms with E-state index in [4.69, 9.17) is 31.7 Å². The first-order chi connectivity index (χ1) is 13.5. The minimum atomic E-state index is -0.753. The zero-order valence-corrected chi connectivity index (χ0v) is 15.8. The molecule has 144 valence electrons. The third kappa shape index (κ3) is 5.02. The lowest BCUT2D eigenvalue weighted by Crippen LogP contribution is -2.50. The topological polar surface area (TPSA) is 105 Å². The molecule has 28 heavy (non-hydrogen) atoms. The van der Waals surface area contributed by atoms with Crippen molar-refractivity contribution in [3.05, 3.63) is 53.6 Å². The molecule has 0 spiro atoms. The van der Waals surface area contributed by atoms with Gasteiger partial charge in [-0.1, -0.05) is 6.07 Å². The predicted octanol–water partition coefficient (Wildman–Crippen LogP) is 1.75. The summed E-state index contributed by atoms with van der Waals surface area (Å²) in [6.45, 7) is 2.29. The lowest BCUT2D eigenvalue weighted by atomic mass is 10.2. The van der Waals surface area contributed by atoms with Crippen LogP contribution in [0, 0.1) is 11.3 Å². The molecular formula is C19H18N4O4S. The zero-order valence-electron chi connectivity index (χ0n) is 15.0.